The predicted octanol–water partition coefficient (Wildman–Crippen LogP) is 2.69. The smallest absolute Gasteiger partial charge is 0.254 e. The van der Waals surface area contributed by atoms with E-state index in [9.17, 15) is 4.79 Å². The Morgan fingerprint density at radius 3 is 2.80 bits per heavy atom. The Bertz CT molecular complexity index is 310. The number of amides is 1. The SMILES string of the molecule is CCN(C(=O)C1=CC=CCC=C1)C(C)C. The predicted molar refractivity (Wildman–Crippen MR) is 63.5 cm³/mol. The number of likely N-dealkylation sites (N-methyl/N-ethyl adjacent to an activating group) is 1. The molecule has 0 N–H and O–H groups in total. The fourth-order valence-electron chi connectivity index (χ4n) is 1.63. The lowest BCUT2D eigenvalue weighted by atomic mass is 10.1. The fourth-order valence-corrected chi connectivity index (χ4v) is 1.63. The van der Waals surface area contributed by atoms with Gasteiger partial charge in [-0.1, -0.05) is 24.3 Å². The van der Waals surface area contributed by atoms with E-state index in [1.165, 1.54) is 0 Å². The maximum Gasteiger partial charge on any atom is 0.254 e. The molecule has 1 amide bonds. The highest BCUT2D eigenvalue weighted by Gasteiger charge is 2.17. The van der Waals surface area contributed by atoms with E-state index in [4.69, 9.17) is 0 Å². The monoisotopic (exact) mass is 205 g/mol. The Morgan fingerprint density at radius 1 is 1.47 bits per heavy atom. The molecule has 0 bridgehead atoms. The average molecular weight is 205 g/mol. The molecule has 0 radical (unpaired) electrons. The lowest BCUT2D eigenvalue weighted by Gasteiger charge is -2.25. The van der Waals surface area contributed by atoms with Crippen LogP contribution in [0.15, 0.2) is 36.0 Å². The molecule has 0 aromatic heterocycles. The average Bonchev–Trinajstić information content (AvgIpc) is 2.45. The largest absolute Gasteiger partial charge is 0.337 e. The summed E-state index contributed by atoms with van der Waals surface area (Å²) < 4.78 is 0. The molecule has 0 spiro atoms. The first-order valence-electron chi connectivity index (χ1n) is 5.51. The van der Waals surface area contributed by atoms with Crippen molar-refractivity contribution in [2.24, 2.45) is 0 Å². The van der Waals surface area contributed by atoms with E-state index >= 15 is 0 Å². The molecule has 0 aromatic carbocycles. The standard InChI is InChI=1S/C13H19NO/c1-4-14(11(2)3)13(15)12-9-7-5-6-8-10-12/h5,7-11H,4,6H2,1-3H3. The highest BCUT2D eigenvalue weighted by atomic mass is 16.2. The number of carbonyl (C=O) groups excluding carboxylic acids is 1. The van der Waals surface area contributed by atoms with Gasteiger partial charge >= 0.3 is 0 Å². The molecule has 0 aromatic rings. The van der Waals surface area contributed by atoms with E-state index in [2.05, 4.69) is 0 Å². The van der Waals surface area contributed by atoms with Crippen LogP contribution in [0.3, 0.4) is 0 Å². The van der Waals surface area contributed by atoms with Crippen LogP contribution in [0.4, 0.5) is 0 Å². The Kier molecular flexibility index (Phi) is 4.35. The van der Waals surface area contributed by atoms with Gasteiger partial charge in [0.2, 0.25) is 0 Å². The zero-order valence-electron chi connectivity index (χ0n) is 9.73. The minimum absolute atomic E-state index is 0.121. The van der Waals surface area contributed by atoms with Crippen molar-refractivity contribution in [2.45, 2.75) is 33.2 Å². The van der Waals surface area contributed by atoms with Gasteiger partial charge in [-0.15, -0.1) is 0 Å². The van der Waals surface area contributed by atoms with Crippen LogP contribution in [0.5, 0.6) is 0 Å². The molecule has 0 heterocycles. The van der Waals surface area contributed by atoms with Gasteiger partial charge in [-0.3, -0.25) is 4.79 Å². The second-order valence-electron chi connectivity index (χ2n) is 3.87. The quantitative estimate of drug-likeness (QED) is 0.693. The van der Waals surface area contributed by atoms with Gasteiger partial charge in [-0.2, -0.15) is 0 Å². The van der Waals surface area contributed by atoms with Gasteiger partial charge in [0.25, 0.3) is 5.91 Å². The number of allylic oxidation sites excluding steroid dienone is 4. The molecule has 0 atom stereocenters. The molecule has 2 heteroatoms. The molecule has 0 fully saturated rings. The molecule has 15 heavy (non-hydrogen) atoms. The lowest BCUT2D eigenvalue weighted by Crippen LogP contribution is -2.37. The number of carbonyl (C=O) groups is 1. The summed E-state index contributed by atoms with van der Waals surface area (Å²) in [5.74, 6) is 0.121. The maximum atomic E-state index is 12.1. The van der Waals surface area contributed by atoms with Gasteiger partial charge in [0.05, 0.1) is 0 Å². The van der Waals surface area contributed by atoms with Crippen LogP contribution in [0.2, 0.25) is 0 Å². The molecule has 0 unspecified atom stereocenters. The van der Waals surface area contributed by atoms with Crippen LogP contribution < -0.4 is 0 Å². The summed E-state index contributed by atoms with van der Waals surface area (Å²) in [4.78, 5) is 14.0. The normalized spacial score (nSPS) is 15.1. The van der Waals surface area contributed by atoms with Gasteiger partial charge in [0.1, 0.15) is 0 Å². The third-order valence-electron chi connectivity index (χ3n) is 2.45. The van der Waals surface area contributed by atoms with Crippen molar-refractivity contribution in [3.05, 3.63) is 36.0 Å². The minimum atomic E-state index is 0.121. The summed E-state index contributed by atoms with van der Waals surface area (Å²) in [7, 11) is 0. The van der Waals surface area contributed by atoms with Crippen molar-refractivity contribution < 1.29 is 4.79 Å². The molecular weight excluding hydrogens is 186 g/mol. The van der Waals surface area contributed by atoms with E-state index in [0.717, 1.165) is 18.5 Å². The van der Waals surface area contributed by atoms with Crippen LogP contribution >= 0.6 is 0 Å². The van der Waals surface area contributed by atoms with Crippen molar-refractivity contribution in [2.75, 3.05) is 6.54 Å². The first-order valence-corrected chi connectivity index (χ1v) is 5.51. The zero-order chi connectivity index (χ0) is 11.3. The van der Waals surface area contributed by atoms with E-state index < -0.39 is 0 Å². The van der Waals surface area contributed by atoms with Crippen LogP contribution in [-0.2, 0) is 4.79 Å². The number of nitrogens with zero attached hydrogens (tertiary/aromatic N) is 1. The summed E-state index contributed by atoms with van der Waals surface area (Å²) in [6.45, 7) is 6.84. The summed E-state index contributed by atoms with van der Waals surface area (Å²) in [5.41, 5.74) is 0.777. The highest BCUT2D eigenvalue weighted by Crippen LogP contribution is 2.10. The van der Waals surface area contributed by atoms with Gasteiger partial charge in [0.15, 0.2) is 0 Å². The number of hydrogen-bond donors (Lipinski definition) is 0. The first-order chi connectivity index (χ1) is 7.16. The van der Waals surface area contributed by atoms with Crippen LogP contribution in [0, 0.1) is 0 Å². The third kappa shape index (κ3) is 3.08. The minimum Gasteiger partial charge on any atom is -0.337 e. The van der Waals surface area contributed by atoms with E-state index in [1.807, 2.05) is 56.1 Å². The van der Waals surface area contributed by atoms with Gasteiger partial charge in [-0.05, 0) is 33.3 Å². The van der Waals surface area contributed by atoms with Crippen molar-refractivity contribution >= 4 is 5.91 Å². The van der Waals surface area contributed by atoms with Crippen LogP contribution in [0.25, 0.3) is 0 Å². The topological polar surface area (TPSA) is 20.3 Å². The Balaban J connectivity index is 2.82. The third-order valence-corrected chi connectivity index (χ3v) is 2.45. The second-order valence-corrected chi connectivity index (χ2v) is 3.87. The molecule has 2 nitrogen and oxygen atoms in total. The van der Waals surface area contributed by atoms with Gasteiger partial charge < -0.3 is 4.90 Å². The first kappa shape index (κ1) is 11.8. The summed E-state index contributed by atoms with van der Waals surface area (Å²) in [6.07, 6.45) is 10.7. The van der Waals surface area contributed by atoms with Crippen molar-refractivity contribution in [3.8, 4) is 0 Å². The Morgan fingerprint density at radius 2 is 2.20 bits per heavy atom. The molecule has 0 saturated heterocycles. The maximum absolute atomic E-state index is 12.1. The lowest BCUT2D eigenvalue weighted by molar-refractivity contribution is -0.128. The summed E-state index contributed by atoms with van der Waals surface area (Å²) >= 11 is 0. The van der Waals surface area contributed by atoms with Gasteiger partial charge in [-0.25, -0.2) is 0 Å². The van der Waals surface area contributed by atoms with Crippen molar-refractivity contribution in [1.29, 1.82) is 0 Å². The second kappa shape index (κ2) is 5.54. The molecule has 1 rings (SSSR count). The summed E-state index contributed by atoms with van der Waals surface area (Å²) in [5, 5.41) is 0. The van der Waals surface area contributed by atoms with Crippen molar-refractivity contribution in [3.63, 3.8) is 0 Å². The molecule has 0 aliphatic heterocycles. The molecular formula is C13H19NO. The fraction of sp³-hybridized carbons (Fsp3) is 0.462. The molecule has 1 aliphatic carbocycles. The van der Waals surface area contributed by atoms with E-state index in [0.29, 0.717) is 0 Å². The molecule has 82 valence electrons. The van der Waals surface area contributed by atoms with E-state index in [1.54, 1.807) is 0 Å². The molecule has 0 saturated carbocycles. The summed E-state index contributed by atoms with van der Waals surface area (Å²) in [6, 6.07) is 0.254. The van der Waals surface area contributed by atoms with Crippen LogP contribution in [-0.4, -0.2) is 23.4 Å². The van der Waals surface area contributed by atoms with Crippen LogP contribution in [0.1, 0.15) is 27.2 Å². The Hall–Kier alpha value is -1.31. The Labute approximate surface area is 92.0 Å². The number of rotatable bonds is 3. The number of hydrogen-bond acceptors (Lipinski definition) is 1. The van der Waals surface area contributed by atoms with Gasteiger partial charge in [0, 0.05) is 18.2 Å². The van der Waals surface area contributed by atoms with Crippen molar-refractivity contribution in [1.82, 2.24) is 4.90 Å². The zero-order valence-corrected chi connectivity index (χ0v) is 9.73. The highest BCUT2D eigenvalue weighted by molar-refractivity contribution is 5.96. The molecule has 1 aliphatic rings. The van der Waals surface area contributed by atoms with E-state index in [-0.39, 0.29) is 11.9 Å².